The van der Waals surface area contributed by atoms with E-state index in [0.29, 0.717) is 28.7 Å². The van der Waals surface area contributed by atoms with Gasteiger partial charge in [0.2, 0.25) is 0 Å². The topological polar surface area (TPSA) is 69.2 Å². The van der Waals surface area contributed by atoms with Crippen molar-refractivity contribution in [3.05, 3.63) is 76.7 Å². The van der Waals surface area contributed by atoms with Gasteiger partial charge < -0.3 is 4.55 Å². The number of rotatable bonds is 3. The van der Waals surface area contributed by atoms with Gasteiger partial charge in [-0.3, -0.25) is 0 Å². The van der Waals surface area contributed by atoms with Crippen LogP contribution in [-0.2, 0) is 27.6 Å². The summed E-state index contributed by atoms with van der Waals surface area (Å²) < 4.78 is 27.6. The second kappa shape index (κ2) is 7.13. The summed E-state index contributed by atoms with van der Waals surface area (Å²) in [6, 6.07) is 15.9. The predicted molar refractivity (Wildman–Crippen MR) is 105 cm³/mol. The molecule has 1 atom stereocenters. The first-order valence-corrected chi connectivity index (χ1v) is 10.4. The zero-order valence-corrected chi connectivity index (χ0v) is 16.3. The molecule has 138 valence electrons. The fourth-order valence-electron chi connectivity index (χ4n) is 3.31. The van der Waals surface area contributed by atoms with Crippen molar-refractivity contribution in [2.45, 2.75) is 24.8 Å². The average molecular weight is 400 g/mol. The van der Waals surface area contributed by atoms with Crippen molar-refractivity contribution in [1.82, 2.24) is 14.3 Å². The van der Waals surface area contributed by atoms with Gasteiger partial charge in [0, 0.05) is 22.6 Å². The largest absolute Gasteiger partial charge is 0.593 e. The lowest BCUT2D eigenvalue weighted by molar-refractivity contribution is 0.337. The SMILES string of the molecule is Cc1nc2c(c(-c3ccc(Cl)cc3)n1)CN([S+](=O)([O-])c1ccccc1)CC2. The molecule has 0 amide bonds. The number of benzene rings is 2. The maximum absolute atomic E-state index is 13.0. The maximum Gasteiger partial charge on any atom is 0.175 e. The Morgan fingerprint density at radius 2 is 1.78 bits per heavy atom. The van der Waals surface area contributed by atoms with E-state index in [1.807, 2.05) is 31.2 Å². The summed E-state index contributed by atoms with van der Waals surface area (Å²) in [5.74, 6) is 0.679. The van der Waals surface area contributed by atoms with E-state index < -0.39 is 10.4 Å². The highest BCUT2D eigenvalue weighted by molar-refractivity contribution is 7.95. The van der Waals surface area contributed by atoms with Crippen molar-refractivity contribution < 1.29 is 8.76 Å². The highest BCUT2D eigenvalue weighted by Gasteiger charge is 2.35. The molecule has 0 fully saturated rings. The summed E-state index contributed by atoms with van der Waals surface area (Å²) in [5, 5.41) is 0.645. The highest BCUT2D eigenvalue weighted by atomic mass is 35.5. The third kappa shape index (κ3) is 3.53. The predicted octanol–water partition coefficient (Wildman–Crippen LogP) is 4.07. The van der Waals surface area contributed by atoms with E-state index in [2.05, 4.69) is 9.97 Å². The fourth-order valence-corrected chi connectivity index (χ4v) is 4.86. The van der Waals surface area contributed by atoms with E-state index in [1.165, 1.54) is 4.31 Å². The molecule has 1 aromatic heterocycles. The zero-order valence-electron chi connectivity index (χ0n) is 14.8. The molecule has 0 radical (unpaired) electrons. The zero-order chi connectivity index (χ0) is 19.0. The van der Waals surface area contributed by atoms with Gasteiger partial charge in [0.15, 0.2) is 15.3 Å². The summed E-state index contributed by atoms with van der Waals surface area (Å²) in [6.07, 6.45) is 0.561. The van der Waals surface area contributed by atoms with E-state index in [1.54, 1.807) is 30.3 Å². The first kappa shape index (κ1) is 18.3. The van der Waals surface area contributed by atoms with Gasteiger partial charge in [0.1, 0.15) is 5.82 Å². The summed E-state index contributed by atoms with van der Waals surface area (Å²) >= 11 is 6.00. The number of hydrogen-bond acceptors (Lipinski definition) is 4. The van der Waals surface area contributed by atoms with Gasteiger partial charge in [-0.15, -0.1) is 4.31 Å². The Morgan fingerprint density at radius 1 is 1.07 bits per heavy atom. The molecule has 1 unspecified atom stereocenters. The van der Waals surface area contributed by atoms with Gasteiger partial charge in [-0.05, 0) is 31.2 Å². The molecule has 0 N–H and O–H groups in total. The van der Waals surface area contributed by atoms with Crippen LogP contribution in [0.1, 0.15) is 17.1 Å². The summed E-state index contributed by atoms with van der Waals surface area (Å²) in [5.41, 5.74) is 3.43. The van der Waals surface area contributed by atoms with Gasteiger partial charge in [-0.1, -0.05) is 46.1 Å². The number of aryl methyl sites for hydroxylation is 1. The monoisotopic (exact) mass is 399 g/mol. The van der Waals surface area contributed by atoms with E-state index >= 15 is 0 Å². The van der Waals surface area contributed by atoms with Gasteiger partial charge in [0.25, 0.3) is 0 Å². The minimum atomic E-state index is -3.56. The van der Waals surface area contributed by atoms with Crippen LogP contribution >= 0.6 is 11.6 Å². The van der Waals surface area contributed by atoms with Crippen molar-refractivity contribution >= 4 is 22.0 Å². The lowest BCUT2D eigenvalue weighted by Crippen LogP contribution is -2.40. The van der Waals surface area contributed by atoms with Crippen LogP contribution in [0.15, 0.2) is 59.5 Å². The highest BCUT2D eigenvalue weighted by Crippen LogP contribution is 2.32. The molecular weight excluding hydrogens is 382 g/mol. The summed E-state index contributed by atoms with van der Waals surface area (Å²) in [6.45, 7) is 2.51. The number of hydrogen-bond donors (Lipinski definition) is 0. The average Bonchev–Trinajstić information content (AvgIpc) is 2.68. The quantitative estimate of drug-likeness (QED) is 0.622. The Hall–Kier alpha value is -2.12. The molecule has 0 bridgehead atoms. The smallest absolute Gasteiger partial charge is 0.175 e. The van der Waals surface area contributed by atoms with Crippen LogP contribution in [0.25, 0.3) is 11.3 Å². The Labute approximate surface area is 164 Å². The lowest BCUT2D eigenvalue weighted by atomic mass is 10.0. The molecule has 0 aliphatic carbocycles. The molecule has 1 aliphatic rings. The Kier molecular flexibility index (Phi) is 4.82. The molecule has 4 rings (SSSR count). The minimum Gasteiger partial charge on any atom is -0.593 e. The van der Waals surface area contributed by atoms with E-state index in [9.17, 15) is 8.76 Å². The normalized spacial score (nSPS) is 16.6. The molecule has 0 saturated heterocycles. The third-order valence-electron chi connectivity index (χ3n) is 4.64. The summed E-state index contributed by atoms with van der Waals surface area (Å²) in [7, 11) is -3.56. The Balaban J connectivity index is 1.76. The van der Waals surface area contributed by atoms with Gasteiger partial charge >= 0.3 is 0 Å². The van der Waals surface area contributed by atoms with Crippen LogP contribution in [0.2, 0.25) is 5.02 Å². The number of sulfonamides is 1. The van der Waals surface area contributed by atoms with Crippen LogP contribution in [0, 0.1) is 6.92 Å². The van der Waals surface area contributed by atoms with Crippen LogP contribution in [0.3, 0.4) is 0 Å². The Bertz CT molecular complexity index is 1030. The standard InChI is InChI=1S/C20H18ClN3O2S/c1-14-22-19-11-12-24(27(25,26)17-5-3-2-4-6-17)13-18(19)20(23-14)15-7-9-16(21)10-8-15/h2-10H,11-13H2,1H3. The van der Waals surface area contributed by atoms with Crippen molar-refractivity contribution in [2.24, 2.45) is 0 Å². The van der Waals surface area contributed by atoms with Gasteiger partial charge in [-0.2, -0.15) is 0 Å². The number of nitrogens with zero attached hydrogens (tertiary/aromatic N) is 3. The maximum atomic E-state index is 13.0. The van der Waals surface area contributed by atoms with Crippen LogP contribution in [0.4, 0.5) is 0 Å². The van der Waals surface area contributed by atoms with Gasteiger partial charge in [0.05, 0.1) is 24.5 Å². The second-order valence-corrected chi connectivity index (χ2v) is 8.83. The van der Waals surface area contributed by atoms with Gasteiger partial charge in [-0.25, -0.2) is 9.97 Å². The van der Waals surface area contributed by atoms with Crippen LogP contribution in [0.5, 0.6) is 0 Å². The fraction of sp³-hybridized carbons (Fsp3) is 0.200. The van der Waals surface area contributed by atoms with Crippen molar-refractivity contribution in [1.29, 1.82) is 0 Å². The molecule has 0 spiro atoms. The molecule has 0 saturated carbocycles. The van der Waals surface area contributed by atoms with Crippen molar-refractivity contribution in [2.75, 3.05) is 6.54 Å². The summed E-state index contributed by atoms with van der Waals surface area (Å²) in [4.78, 5) is 9.45. The molecule has 5 nitrogen and oxygen atoms in total. The van der Waals surface area contributed by atoms with Crippen molar-refractivity contribution in [3.63, 3.8) is 0 Å². The number of aromatic nitrogens is 2. The molecule has 7 heteroatoms. The molecule has 1 aliphatic heterocycles. The second-order valence-electron chi connectivity index (χ2n) is 6.45. The third-order valence-corrected chi connectivity index (χ3v) is 6.75. The molecule has 2 aromatic carbocycles. The molecule has 3 aromatic rings. The minimum absolute atomic E-state index is 0.255. The van der Waals surface area contributed by atoms with Crippen LogP contribution in [-0.4, -0.2) is 25.4 Å². The van der Waals surface area contributed by atoms with Crippen LogP contribution < -0.4 is 0 Å². The van der Waals surface area contributed by atoms with E-state index in [4.69, 9.17) is 11.6 Å². The number of fused-ring (bicyclic) bond motifs is 1. The van der Waals surface area contributed by atoms with E-state index in [0.717, 1.165) is 22.5 Å². The first-order chi connectivity index (χ1) is 12.9. The van der Waals surface area contributed by atoms with E-state index in [-0.39, 0.29) is 6.54 Å². The van der Waals surface area contributed by atoms with Crippen molar-refractivity contribution in [3.8, 4) is 11.3 Å². The Morgan fingerprint density at radius 3 is 2.48 bits per heavy atom. The molecular formula is C20H18ClN3O2S. The molecule has 27 heavy (non-hydrogen) atoms. The first-order valence-electron chi connectivity index (χ1n) is 8.63. The lowest BCUT2D eigenvalue weighted by Gasteiger charge is -2.31. The number of halogens is 1. The molecule has 2 heterocycles.